The van der Waals surface area contributed by atoms with Gasteiger partial charge in [0.1, 0.15) is 11.6 Å². The van der Waals surface area contributed by atoms with E-state index in [4.69, 9.17) is 0 Å². The van der Waals surface area contributed by atoms with Crippen LogP contribution in [-0.4, -0.2) is 17.2 Å². The summed E-state index contributed by atoms with van der Waals surface area (Å²) in [7, 11) is 0. The topological polar surface area (TPSA) is 32.3 Å². The molecule has 0 aliphatic rings. The molecule has 1 aromatic rings. The average Bonchev–Trinajstić information content (AvgIpc) is 2.13. The average molecular weight is 229 g/mol. The fourth-order valence-corrected chi connectivity index (χ4v) is 1.33. The van der Waals surface area contributed by atoms with Gasteiger partial charge in [0.05, 0.1) is 11.7 Å². The normalized spacial score (nSPS) is 13.9. The van der Waals surface area contributed by atoms with Gasteiger partial charge in [0.15, 0.2) is 0 Å². The van der Waals surface area contributed by atoms with Crippen LogP contribution in [0.1, 0.15) is 32.4 Å². The molecule has 0 bridgehead atoms. The molecule has 0 heterocycles. The quantitative estimate of drug-likeness (QED) is 0.834. The smallest absolute Gasteiger partial charge is 0.131 e. The van der Waals surface area contributed by atoms with Crippen LogP contribution in [0.15, 0.2) is 18.2 Å². The second-order valence-corrected chi connectivity index (χ2v) is 4.78. The molecule has 1 rings (SSSR count). The lowest BCUT2D eigenvalue weighted by molar-refractivity contribution is 0.154. The van der Waals surface area contributed by atoms with E-state index in [1.807, 2.05) is 20.8 Å². The Labute approximate surface area is 94.3 Å². The van der Waals surface area contributed by atoms with Crippen molar-refractivity contribution in [2.75, 3.05) is 6.54 Å². The minimum atomic E-state index is -1.18. The summed E-state index contributed by atoms with van der Waals surface area (Å²) in [6.07, 6.45) is -1.18. The van der Waals surface area contributed by atoms with Crippen molar-refractivity contribution in [2.45, 2.75) is 32.4 Å². The monoisotopic (exact) mass is 229 g/mol. The zero-order valence-electron chi connectivity index (χ0n) is 9.72. The SMILES string of the molecule is CC(C)(C)NCC(O)c1c(F)cccc1F. The summed E-state index contributed by atoms with van der Waals surface area (Å²) in [5.41, 5.74) is -0.484. The summed E-state index contributed by atoms with van der Waals surface area (Å²) >= 11 is 0. The van der Waals surface area contributed by atoms with Crippen LogP contribution in [-0.2, 0) is 0 Å². The molecule has 4 heteroatoms. The molecule has 0 spiro atoms. The van der Waals surface area contributed by atoms with Gasteiger partial charge in [0.25, 0.3) is 0 Å². The molecule has 0 aromatic heterocycles. The largest absolute Gasteiger partial charge is 0.387 e. The Bertz CT molecular complexity index is 340. The summed E-state index contributed by atoms with van der Waals surface area (Å²) < 4.78 is 26.6. The molecular formula is C12H17F2NO. The van der Waals surface area contributed by atoms with Gasteiger partial charge < -0.3 is 10.4 Å². The maximum Gasteiger partial charge on any atom is 0.131 e. The van der Waals surface area contributed by atoms with Crippen LogP contribution in [0.4, 0.5) is 8.78 Å². The van der Waals surface area contributed by atoms with Gasteiger partial charge in [-0.1, -0.05) is 6.07 Å². The van der Waals surface area contributed by atoms with Gasteiger partial charge >= 0.3 is 0 Å². The van der Waals surface area contributed by atoms with Crippen molar-refractivity contribution in [3.05, 3.63) is 35.4 Å². The summed E-state index contributed by atoms with van der Waals surface area (Å²) in [5, 5.41) is 12.7. The molecule has 90 valence electrons. The van der Waals surface area contributed by atoms with Gasteiger partial charge in [-0.15, -0.1) is 0 Å². The summed E-state index contributed by atoms with van der Waals surface area (Å²) in [6.45, 7) is 5.85. The number of nitrogens with one attached hydrogen (secondary N) is 1. The van der Waals surface area contributed by atoms with Gasteiger partial charge in [0.2, 0.25) is 0 Å². The molecule has 0 fully saturated rings. The number of benzene rings is 1. The van der Waals surface area contributed by atoms with Gasteiger partial charge in [0, 0.05) is 12.1 Å². The molecule has 0 saturated heterocycles. The highest BCUT2D eigenvalue weighted by Gasteiger charge is 2.19. The zero-order valence-corrected chi connectivity index (χ0v) is 9.72. The molecule has 16 heavy (non-hydrogen) atoms. The van der Waals surface area contributed by atoms with Crippen LogP contribution in [0.3, 0.4) is 0 Å². The van der Waals surface area contributed by atoms with Crippen molar-refractivity contribution in [1.29, 1.82) is 0 Å². The molecule has 0 aliphatic carbocycles. The van der Waals surface area contributed by atoms with Gasteiger partial charge in [-0.25, -0.2) is 8.78 Å². The van der Waals surface area contributed by atoms with E-state index < -0.39 is 17.7 Å². The third-order valence-corrected chi connectivity index (χ3v) is 2.16. The molecular weight excluding hydrogens is 212 g/mol. The lowest BCUT2D eigenvalue weighted by Gasteiger charge is -2.23. The summed E-state index contributed by atoms with van der Waals surface area (Å²) in [5.74, 6) is -1.44. The van der Waals surface area contributed by atoms with Crippen molar-refractivity contribution in [2.24, 2.45) is 0 Å². The van der Waals surface area contributed by atoms with Crippen molar-refractivity contribution >= 4 is 0 Å². The second kappa shape index (κ2) is 4.89. The van der Waals surface area contributed by atoms with Gasteiger partial charge in [-0.05, 0) is 32.9 Å². The lowest BCUT2D eigenvalue weighted by atomic mass is 10.1. The molecule has 1 atom stereocenters. The predicted octanol–water partition coefficient (Wildman–Crippen LogP) is 2.39. The van der Waals surface area contributed by atoms with Crippen LogP contribution in [0.25, 0.3) is 0 Å². The minimum Gasteiger partial charge on any atom is -0.387 e. The van der Waals surface area contributed by atoms with E-state index in [0.717, 1.165) is 12.1 Å². The highest BCUT2D eigenvalue weighted by molar-refractivity contribution is 5.22. The van der Waals surface area contributed by atoms with Crippen LogP contribution < -0.4 is 5.32 Å². The first-order valence-electron chi connectivity index (χ1n) is 5.18. The van der Waals surface area contributed by atoms with E-state index in [1.165, 1.54) is 6.07 Å². The maximum absolute atomic E-state index is 13.3. The van der Waals surface area contributed by atoms with Crippen molar-refractivity contribution < 1.29 is 13.9 Å². The number of aliphatic hydroxyl groups is 1. The van der Waals surface area contributed by atoms with Crippen LogP contribution in [0.2, 0.25) is 0 Å². The second-order valence-electron chi connectivity index (χ2n) is 4.78. The zero-order chi connectivity index (χ0) is 12.3. The van der Waals surface area contributed by atoms with E-state index in [1.54, 1.807) is 0 Å². The standard InChI is InChI=1S/C12H17F2NO/c1-12(2,3)15-7-10(16)11-8(13)5-4-6-9(11)14/h4-6,10,15-16H,7H2,1-3H3. The van der Waals surface area contributed by atoms with Crippen molar-refractivity contribution in [1.82, 2.24) is 5.32 Å². The number of aliphatic hydroxyl groups excluding tert-OH is 1. The first-order chi connectivity index (χ1) is 7.31. The van der Waals surface area contributed by atoms with Gasteiger partial charge in [-0.3, -0.25) is 0 Å². The number of β-amino-alcohol motifs (C(OH)–C–C–N with tert-alkyl or cyclic N) is 1. The minimum absolute atomic E-state index is 0.112. The Morgan fingerprint density at radius 2 is 1.75 bits per heavy atom. The number of halogens is 2. The summed E-state index contributed by atoms with van der Waals surface area (Å²) in [6, 6.07) is 3.55. The number of hydrogen-bond donors (Lipinski definition) is 2. The first-order valence-corrected chi connectivity index (χ1v) is 5.18. The van der Waals surface area contributed by atoms with E-state index in [0.29, 0.717) is 0 Å². The van der Waals surface area contributed by atoms with Crippen molar-refractivity contribution in [3.63, 3.8) is 0 Å². The lowest BCUT2D eigenvalue weighted by Crippen LogP contribution is -2.38. The maximum atomic E-state index is 13.3. The highest BCUT2D eigenvalue weighted by Crippen LogP contribution is 2.20. The number of rotatable bonds is 3. The summed E-state index contributed by atoms with van der Waals surface area (Å²) in [4.78, 5) is 0. The molecule has 0 radical (unpaired) electrons. The Balaban J connectivity index is 2.77. The molecule has 2 nitrogen and oxygen atoms in total. The fourth-order valence-electron chi connectivity index (χ4n) is 1.33. The van der Waals surface area contributed by atoms with Gasteiger partial charge in [-0.2, -0.15) is 0 Å². The Morgan fingerprint density at radius 3 is 2.19 bits per heavy atom. The first kappa shape index (κ1) is 13.1. The van der Waals surface area contributed by atoms with E-state index in [9.17, 15) is 13.9 Å². The Kier molecular flexibility index (Phi) is 3.99. The highest BCUT2D eigenvalue weighted by atomic mass is 19.1. The molecule has 0 saturated carbocycles. The fraction of sp³-hybridized carbons (Fsp3) is 0.500. The van der Waals surface area contributed by atoms with Crippen molar-refractivity contribution in [3.8, 4) is 0 Å². The van der Waals surface area contributed by atoms with E-state index in [2.05, 4.69) is 5.32 Å². The van der Waals surface area contributed by atoms with Crippen LogP contribution in [0.5, 0.6) is 0 Å². The Morgan fingerprint density at radius 1 is 1.25 bits per heavy atom. The number of hydrogen-bond acceptors (Lipinski definition) is 2. The molecule has 2 N–H and O–H groups in total. The Hall–Kier alpha value is -1.00. The van der Waals surface area contributed by atoms with Crippen LogP contribution >= 0.6 is 0 Å². The van der Waals surface area contributed by atoms with Crippen LogP contribution in [0, 0.1) is 11.6 Å². The molecule has 0 amide bonds. The molecule has 1 unspecified atom stereocenters. The third kappa shape index (κ3) is 3.54. The van der Waals surface area contributed by atoms with E-state index in [-0.39, 0.29) is 17.6 Å². The molecule has 1 aromatic carbocycles. The molecule has 0 aliphatic heterocycles. The predicted molar refractivity (Wildman–Crippen MR) is 59.1 cm³/mol. The van der Waals surface area contributed by atoms with E-state index >= 15 is 0 Å². The third-order valence-electron chi connectivity index (χ3n) is 2.16.